The Morgan fingerprint density at radius 3 is 3.00 bits per heavy atom. The number of halogens is 1. The zero-order valence-electron chi connectivity index (χ0n) is 9.77. The van der Waals surface area contributed by atoms with Crippen molar-refractivity contribution in [2.45, 2.75) is 13.0 Å². The van der Waals surface area contributed by atoms with Gasteiger partial charge < -0.3 is 10.1 Å². The Kier molecular flexibility index (Phi) is 4.21. The zero-order valence-corrected chi connectivity index (χ0v) is 12.2. The molecule has 96 valence electrons. The van der Waals surface area contributed by atoms with Crippen LogP contribution in [0.3, 0.4) is 0 Å². The van der Waals surface area contributed by atoms with Gasteiger partial charge in [-0.3, -0.25) is 0 Å². The van der Waals surface area contributed by atoms with Gasteiger partial charge in [0.15, 0.2) is 15.2 Å². The molecule has 2 heterocycles. The number of nitrogens with zero attached hydrogens (tertiary/aromatic N) is 1. The fourth-order valence-electron chi connectivity index (χ4n) is 1.37. The molecule has 4 nitrogen and oxygen atoms in total. The molecule has 0 aliphatic heterocycles. The molecule has 18 heavy (non-hydrogen) atoms. The lowest BCUT2D eigenvalue weighted by atomic mass is 10.2. The van der Waals surface area contributed by atoms with Crippen LogP contribution in [0, 0.1) is 0 Å². The van der Waals surface area contributed by atoms with Crippen molar-refractivity contribution in [3.05, 3.63) is 32.4 Å². The summed E-state index contributed by atoms with van der Waals surface area (Å²) in [5, 5.41) is 8.07. The third-order valence-corrected chi connectivity index (χ3v) is 4.39. The lowest BCUT2D eigenvalue weighted by Crippen LogP contribution is -2.04. The van der Waals surface area contributed by atoms with Crippen molar-refractivity contribution in [3.8, 4) is 0 Å². The van der Waals surface area contributed by atoms with Gasteiger partial charge in [-0.2, -0.15) is 11.3 Å². The van der Waals surface area contributed by atoms with Crippen molar-refractivity contribution in [2.24, 2.45) is 0 Å². The Balaban J connectivity index is 2.13. The largest absolute Gasteiger partial charge is 0.465 e. The van der Waals surface area contributed by atoms with Crippen molar-refractivity contribution in [2.75, 3.05) is 12.4 Å². The SMILES string of the molecule is COC(=O)c1sc(NC(C)c2ccsc2)nc1Cl. The van der Waals surface area contributed by atoms with E-state index in [9.17, 15) is 4.79 Å². The Labute approximate surface area is 118 Å². The summed E-state index contributed by atoms with van der Waals surface area (Å²) < 4.78 is 4.63. The van der Waals surface area contributed by atoms with Crippen LogP contribution in [0.1, 0.15) is 28.2 Å². The first-order chi connectivity index (χ1) is 8.61. The lowest BCUT2D eigenvalue weighted by Gasteiger charge is -2.10. The number of esters is 1. The minimum absolute atomic E-state index is 0.115. The van der Waals surface area contributed by atoms with Gasteiger partial charge in [-0.1, -0.05) is 22.9 Å². The summed E-state index contributed by atoms with van der Waals surface area (Å²) in [4.78, 5) is 15.8. The van der Waals surface area contributed by atoms with Crippen LogP contribution < -0.4 is 5.32 Å². The van der Waals surface area contributed by atoms with E-state index >= 15 is 0 Å². The van der Waals surface area contributed by atoms with E-state index in [1.807, 2.05) is 18.4 Å². The molecule has 0 aliphatic carbocycles. The number of ether oxygens (including phenoxy) is 1. The molecule has 0 aliphatic rings. The first-order valence-corrected chi connectivity index (χ1v) is 7.28. The molecular weight excluding hydrogens is 292 g/mol. The second-order valence-corrected chi connectivity index (χ2v) is 5.69. The Morgan fingerprint density at radius 1 is 1.61 bits per heavy atom. The summed E-state index contributed by atoms with van der Waals surface area (Å²) in [5.74, 6) is -0.464. The molecule has 0 fully saturated rings. The number of nitrogens with one attached hydrogen (secondary N) is 1. The molecule has 0 saturated heterocycles. The zero-order chi connectivity index (χ0) is 13.1. The number of methoxy groups -OCH3 is 1. The quantitative estimate of drug-likeness (QED) is 0.872. The summed E-state index contributed by atoms with van der Waals surface area (Å²) in [6.45, 7) is 2.02. The summed E-state index contributed by atoms with van der Waals surface area (Å²) in [6, 6.07) is 2.16. The molecule has 0 aromatic carbocycles. The molecule has 0 saturated carbocycles. The minimum atomic E-state index is -0.464. The summed E-state index contributed by atoms with van der Waals surface area (Å²) in [7, 11) is 1.32. The highest BCUT2D eigenvalue weighted by molar-refractivity contribution is 7.18. The predicted octanol–water partition coefficient (Wildman–Crippen LogP) is 3.82. The summed E-state index contributed by atoms with van der Waals surface area (Å²) in [5.41, 5.74) is 1.17. The molecule has 2 aromatic heterocycles. The second-order valence-electron chi connectivity index (χ2n) is 3.55. The molecule has 0 amide bonds. The summed E-state index contributed by atoms with van der Waals surface area (Å²) >= 11 is 8.72. The molecule has 2 aromatic rings. The molecule has 2 rings (SSSR count). The third kappa shape index (κ3) is 2.82. The molecular formula is C11H11ClN2O2S2. The van der Waals surface area contributed by atoms with Crippen LogP contribution in [0.25, 0.3) is 0 Å². The molecule has 0 spiro atoms. The first-order valence-electron chi connectivity index (χ1n) is 5.15. The minimum Gasteiger partial charge on any atom is -0.465 e. The molecule has 1 N–H and O–H groups in total. The van der Waals surface area contributed by atoms with Gasteiger partial charge in [-0.05, 0) is 29.3 Å². The van der Waals surface area contributed by atoms with Gasteiger partial charge >= 0.3 is 5.97 Å². The van der Waals surface area contributed by atoms with E-state index in [0.29, 0.717) is 10.0 Å². The van der Waals surface area contributed by atoms with Crippen LogP contribution in [0.2, 0.25) is 5.15 Å². The van der Waals surface area contributed by atoms with Gasteiger partial charge in [0, 0.05) is 0 Å². The number of thiazole rings is 1. The van der Waals surface area contributed by atoms with Crippen molar-refractivity contribution in [1.29, 1.82) is 0 Å². The van der Waals surface area contributed by atoms with Crippen molar-refractivity contribution >= 4 is 45.4 Å². The van der Waals surface area contributed by atoms with E-state index < -0.39 is 5.97 Å². The van der Waals surface area contributed by atoms with Gasteiger partial charge in [0.05, 0.1) is 13.2 Å². The average molecular weight is 303 g/mol. The Hall–Kier alpha value is -1.11. The number of rotatable bonds is 4. The Bertz CT molecular complexity index is 539. The molecule has 1 unspecified atom stereocenters. The highest BCUT2D eigenvalue weighted by Crippen LogP contribution is 2.30. The molecule has 0 radical (unpaired) electrons. The van der Waals surface area contributed by atoms with Crippen LogP contribution in [-0.2, 0) is 4.74 Å². The van der Waals surface area contributed by atoms with Crippen LogP contribution in [-0.4, -0.2) is 18.1 Å². The van der Waals surface area contributed by atoms with Gasteiger partial charge in [-0.15, -0.1) is 0 Å². The van der Waals surface area contributed by atoms with Crippen LogP contribution in [0.5, 0.6) is 0 Å². The van der Waals surface area contributed by atoms with E-state index in [2.05, 4.69) is 20.4 Å². The molecule has 7 heteroatoms. The van der Waals surface area contributed by atoms with Crippen molar-refractivity contribution in [3.63, 3.8) is 0 Å². The van der Waals surface area contributed by atoms with E-state index in [1.165, 1.54) is 24.0 Å². The van der Waals surface area contributed by atoms with Gasteiger partial charge in [0.25, 0.3) is 0 Å². The highest BCUT2D eigenvalue weighted by atomic mass is 35.5. The van der Waals surface area contributed by atoms with E-state index in [1.54, 1.807) is 11.3 Å². The number of hydrogen-bond donors (Lipinski definition) is 1. The maximum Gasteiger partial charge on any atom is 0.351 e. The van der Waals surface area contributed by atoms with Crippen LogP contribution >= 0.6 is 34.3 Å². The topological polar surface area (TPSA) is 51.2 Å². The number of anilines is 1. The standard InChI is InChI=1S/C11H11ClN2O2S2/c1-6(7-3-4-17-5-7)13-11-14-9(12)8(18-11)10(15)16-2/h3-6H,1-2H3,(H,13,14). The summed E-state index contributed by atoms with van der Waals surface area (Å²) in [6.07, 6.45) is 0. The first kappa shape index (κ1) is 13.3. The average Bonchev–Trinajstić information content (AvgIpc) is 2.97. The number of aromatic nitrogens is 1. The number of carbonyl (C=O) groups excluding carboxylic acids is 1. The van der Waals surface area contributed by atoms with Crippen molar-refractivity contribution in [1.82, 2.24) is 4.98 Å². The fourth-order valence-corrected chi connectivity index (χ4v) is 3.32. The number of carbonyl (C=O) groups is 1. The highest BCUT2D eigenvalue weighted by Gasteiger charge is 2.18. The van der Waals surface area contributed by atoms with E-state index in [4.69, 9.17) is 11.6 Å². The maximum atomic E-state index is 11.4. The van der Waals surface area contributed by atoms with Gasteiger partial charge in [0.2, 0.25) is 0 Å². The number of thiophene rings is 1. The fraction of sp³-hybridized carbons (Fsp3) is 0.273. The molecule has 1 atom stereocenters. The smallest absolute Gasteiger partial charge is 0.351 e. The Morgan fingerprint density at radius 2 is 2.39 bits per heavy atom. The van der Waals surface area contributed by atoms with Gasteiger partial charge in [-0.25, -0.2) is 9.78 Å². The van der Waals surface area contributed by atoms with E-state index in [0.717, 1.165) is 0 Å². The maximum absolute atomic E-state index is 11.4. The predicted molar refractivity (Wildman–Crippen MR) is 74.8 cm³/mol. The normalized spacial score (nSPS) is 12.2. The van der Waals surface area contributed by atoms with Crippen LogP contribution in [0.4, 0.5) is 5.13 Å². The monoisotopic (exact) mass is 302 g/mol. The number of hydrogen-bond acceptors (Lipinski definition) is 6. The molecule has 0 bridgehead atoms. The third-order valence-electron chi connectivity index (χ3n) is 2.34. The van der Waals surface area contributed by atoms with Gasteiger partial charge in [0.1, 0.15) is 0 Å². The second kappa shape index (κ2) is 5.69. The van der Waals surface area contributed by atoms with Crippen LogP contribution in [0.15, 0.2) is 16.8 Å². The van der Waals surface area contributed by atoms with E-state index in [-0.39, 0.29) is 11.2 Å². The lowest BCUT2D eigenvalue weighted by molar-refractivity contribution is 0.0606. The van der Waals surface area contributed by atoms with Crippen molar-refractivity contribution < 1.29 is 9.53 Å².